The van der Waals surface area contributed by atoms with Crippen LogP contribution < -0.4 is 10.6 Å². The van der Waals surface area contributed by atoms with Gasteiger partial charge in [-0.05, 0) is 69.7 Å². The smallest absolute Gasteiger partial charge is 0.180 e. The van der Waals surface area contributed by atoms with Crippen molar-refractivity contribution in [2.45, 2.75) is 65.4 Å². The summed E-state index contributed by atoms with van der Waals surface area (Å²) >= 11 is 0. The number of nitrogen functional groups attached to an aromatic ring is 1. The lowest BCUT2D eigenvalue weighted by Gasteiger charge is -2.50. The zero-order valence-corrected chi connectivity index (χ0v) is 21.0. The number of aliphatic hydroxyl groups is 2. The first-order valence-corrected chi connectivity index (χ1v) is 12.1. The Morgan fingerprint density at radius 2 is 1.67 bits per heavy atom. The SMILES string of the molecule is CCOCCOCCOCCOC(O)C(O)CCN1c2cc(C)c(N)cc2CC(C)C1(C)C. The second-order valence-electron chi connectivity index (χ2n) is 9.29. The molecule has 4 N–H and O–H groups in total. The standard InChI is InChI=1S/C25H44N2O6/c1-6-30-9-10-31-11-12-32-13-14-33-24(29)23(28)7-8-27-22-15-18(2)21(26)17-20(22)16-19(3)25(27,4)5/h15,17,19,23-24,28-29H,6-14,16,26H2,1-5H3. The molecule has 0 aromatic heterocycles. The van der Waals surface area contributed by atoms with Crippen LogP contribution in [0.4, 0.5) is 11.4 Å². The molecule has 1 aliphatic rings. The van der Waals surface area contributed by atoms with Gasteiger partial charge in [-0.2, -0.15) is 0 Å². The Hall–Kier alpha value is -1.42. The highest BCUT2D eigenvalue weighted by Crippen LogP contribution is 2.42. The summed E-state index contributed by atoms with van der Waals surface area (Å²) in [7, 11) is 0. The van der Waals surface area contributed by atoms with Crippen LogP contribution in [0.1, 0.15) is 45.2 Å². The van der Waals surface area contributed by atoms with Crippen molar-refractivity contribution in [3.05, 3.63) is 23.3 Å². The molecule has 0 fully saturated rings. The van der Waals surface area contributed by atoms with Crippen LogP contribution in [-0.4, -0.2) is 80.9 Å². The Bertz CT molecular complexity index is 714. The summed E-state index contributed by atoms with van der Waals surface area (Å²) in [4.78, 5) is 2.33. The number of rotatable bonds is 15. The lowest BCUT2D eigenvalue weighted by atomic mass is 9.77. The Morgan fingerprint density at radius 1 is 1.06 bits per heavy atom. The zero-order valence-electron chi connectivity index (χ0n) is 21.0. The van der Waals surface area contributed by atoms with E-state index in [9.17, 15) is 10.2 Å². The second-order valence-corrected chi connectivity index (χ2v) is 9.29. The van der Waals surface area contributed by atoms with E-state index in [4.69, 9.17) is 24.7 Å². The third kappa shape index (κ3) is 8.09. The molecule has 0 saturated carbocycles. The zero-order chi connectivity index (χ0) is 24.4. The average molecular weight is 469 g/mol. The summed E-state index contributed by atoms with van der Waals surface area (Å²) in [5, 5.41) is 20.7. The van der Waals surface area contributed by atoms with Crippen molar-refractivity contribution in [1.82, 2.24) is 0 Å². The van der Waals surface area contributed by atoms with E-state index in [0.29, 0.717) is 58.5 Å². The fourth-order valence-corrected chi connectivity index (χ4v) is 4.06. The molecule has 0 bridgehead atoms. The van der Waals surface area contributed by atoms with E-state index in [1.165, 1.54) is 5.56 Å². The lowest BCUT2D eigenvalue weighted by Crippen LogP contribution is -2.53. The fraction of sp³-hybridized carbons (Fsp3) is 0.760. The van der Waals surface area contributed by atoms with Crippen LogP contribution in [0.25, 0.3) is 0 Å². The van der Waals surface area contributed by atoms with Gasteiger partial charge in [-0.3, -0.25) is 0 Å². The summed E-state index contributed by atoms with van der Waals surface area (Å²) in [5.41, 5.74) is 10.3. The normalized spacial score (nSPS) is 19.4. The number of aryl methyl sites for hydroxylation is 1. The number of nitrogens with two attached hydrogens (primary N) is 1. The van der Waals surface area contributed by atoms with Crippen LogP contribution in [-0.2, 0) is 25.4 Å². The van der Waals surface area contributed by atoms with E-state index >= 15 is 0 Å². The van der Waals surface area contributed by atoms with Crippen molar-refractivity contribution in [3.63, 3.8) is 0 Å². The molecule has 0 aliphatic carbocycles. The Labute approximate surface area is 199 Å². The molecule has 0 saturated heterocycles. The number of aliphatic hydroxyl groups excluding tert-OH is 2. The van der Waals surface area contributed by atoms with Crippen molar-refractivity contribution in [1.29, 1.82) is 0 Å². The molecule has 1 aromatic rings. The quantitative estimate of drug-likeness (QED) is 0.205. The molecule has 1 aliphatic heterocycles. The number of fused-ring (bicyclic) bond motifs is 1. The number of hydrogen-bond acceptors (Lipinski definition) is 8. The van der Waals surface area contributed by atoms with E-state index in [-0.39, 0.29) is 12.1 Å². The highest BCUT2D eigenvalue weighted by atomic mass is 16.6. The van der Waals surface area contributed by atoms with Crippen LogP contribution in [0.3, 0.4) is 0 Å². The van der Waals surface area contributed by atoms with Crippen LogP contribution in [0.15, 0.2) is 12.1 Å². The number of anilines is 2. The molecule has 0 spiro atoms. The van der Waals surface area contributed by atoms with Crippen molar-refractivity contribution in [2.75, 3.05) is 63.4 Å². The van der Waals surface area contributed by atoms with Crippen molar-refractivity contribution in [3.8, 4) is 0 Å². The molecule has 8 heteroatoms. The predicted molar refractivity (Wildman–Crippen MR) is 131 cm³/mol. The van der Waals surface area contributed by atoms with Crippen molar-refractivity contribution in [2.24, 2.45) is 5.92 Å². The monoisotopic (exact) mass is 468 g/mol. The molecule has 190 valence electrons. The van der Waals surface area contributed by atoms with Gasteiger partial charge in [0.25, 0.3) is 0 Å². The van der Waals surface area contributed by atoms with E-state index in [0.717, 1.165) is 23.4 Å². The third-order valence-electron chi connectivity index (χ3n) is 6.63. The lowest BCUT2D eigenvalue weighted by molar-refractivity contribution is -0.169. The molecule has 0 radical (unpaired) electrons. The average Bonchev–Trinajstić information content (AvgIpc) is 2.76. The molecule has 0 amide bonds. The van der Waals surface area contributed by atoms with Gasteiger partial charge in [0.15, 0.2) is 6.29 Å². The van der Waals surface area contributed by atoms with E-state index < -0.39 is 12.4 Å². The van der Waals surface area contributed by atoms with Crippen LogP contribution in [0.2, 0.25) is 0 Å². The molecule has 2 rings (SSSR count). The minimum atomic E-state index is -1.26. The van der Waals surface area contributed by atoms with Gasteiger partial charge in [0, 0.05) is 30.1 Å². The molecule has 8 nitrogen and oxygen atoms in total. The van der Waals surface area contributed by atoms with Gasteiger partial charge in [-0.25, -0.2) is 0 Å². The third-order valence-corrected chi connectivity index (χ3v) is 6.63. The van der Waals surface area contributed by atoms with Gasteiger partial charge < -0.3 is 39.8 Å². The van der Waals surface area contributed by atoms with Crippen molar-refractivity contribution >= 4 is 11.4 Å². The van der Waals surface area contributed by atoms with Gasteiger partial charge in [0.05, 0.1) is 39.6 Å². The predicted octanol–water partition coefficient (Wildman–Crippen LogP) is 2.51. The molecule has 33 heavy (non-hydrogen) atoms. The number of benzene rings is 1. The first-order chi connectivity index (χ1) is 15.7. The summed E-state index contributed by atoms with van der Waals surface area (Å²) in [6.07, 6.45) is -0.892. The topological polar surface area (TPSA) is 107 Å². The minimum Gasteiger partial charge on any atom is -0.399 e. The Morgan fingerprint density at radius 3 is 2.30 bits per heavy atom. The number of hydrogen-bond donors (Lipinski definition) is 3. The maximum Gasteiger partial charge on any atom is 0.180 e. The molecule has 1 heterocycles. The largest absolute Gasteiger partial charge is 0.399 e. The van der Waals surface area contributed by atoms with E-state index in [1.54, 1.807) is 0 Å². The van der Waals surface area contributed by atoms with Crippen molar-refractivity contribution < 1.29 is 29.2 Å². The summed E-state index contributed by atoms with van der Waals surface area (Å²) < 4.78 is 21.3. The molecular weight excluding hydrogens is 424 g/mol. The highest BCUT2D eigenvalue weighted by molar-refractivity contribution is 5.66. The maximum absolute atomic E-state index is 10.5. The van der Waals surface area contributed by atoms with Crippen LogP contribution >= 0.6 is 0 Å². The van der Waals surface area contributed by atoms with Gasteiger partial charge in [0.1, 0.15) is 6.10 Å². The first-order valence-electron chi connectivity index (χ1n) is 12.1. The maximum atomic E-state index is 10.5. The summed E-state index contributed by atoms with van der Waals surface area (Å²) in [6, 6.07) is 4.21. The van der Waals surface area contributed by atoms with Crippen LogP contribution in [0.5, 0.6) is 0 Å². The Kier molecular flexibility index (Phi) is 11.4. The minimum absolute atomic E-state index is 0.0837. The Balaban J connectivity index is 1.75. The summed E-state index contributed by atoms with van der Waals surface area (Å²) in [6.45, 7) is 14.5. The molecular formula is C25H44N2O6. The highest BCUT2D eigenvalue weighted by Gasteiger charge is 2.38. The van der Waals surface area contributed by atoms with E-state index in [2.05, 4.69) is 37.8 Å². The molecule has 3 atom stereocenters. The fourth-order valence-electron chi connectivity index (χ4n) is 4.06. The van der Waals surface area contributed by atoms with Gasteiger partial charge in [0.2, 0.25) is 0 Å². The van der Waals surface area contributed by atoms with E-state index in [1.807, 2.05) is 13.8 Å². The number of nitrogens with zero attached hydrogens (tertiary/aromatic N) is 1. The molecule has 3 unspecified atom stereocenters. The van der Waals surface area contributed by atoms with Crippen LogP contribution in [0, 0.1) is 12.8 Å². The number of ether oxygens (including phenoxy) is 4. The van der Waals surface area contributed by atoms with Gasteiger partial charge >= 0.3 is 0 Å². The first kappa shape index (κ1) is 27.8. The van der Waals surface area contributed by atoms with Gasteiger partial charge in [-0.15, -0.1) is 0 Å². The molecule has 1 aromatic carbocycles. The van der Waals surface area contributed by atoms with Gasteiger partial charge in [-0.1, -0.05) is 6.92 Å². The second kappa shape index (κ2) is 13.5. The summed E-state index contributed by atoms with van der Waals surface area (Å²) in [5.74, 6) is 0.422.